The number of rotatable bonds is 3. The summed E-state index contributed by atoms with van der Waals surface area (Å²) in [5.41, 5.74) is -0.418. The van der Waals surface area contributed by atoms with Gasteiger partial charge >= 0.3 is 6.09 Å². The van der Waals surface area contributed by atoms with Crippen molar-refractivity contribution in [1.82, 2.24) is 14.8 Å². The molecular formula is C17H18F3N3O2. The van der Waals surface area contributed by atoms with Crippen LogP contribution in [0.3, 0.4) is 0 Å². The Balaban J connectivity index is 2.01. The lowest BCUT2D eigenvalue weighted by Gasteiger charge is -2.18. The zero-order valence-corrected chi connectivity index (χ0v) is 14.1. The van der Waals surface area contributed by atoms with E-state index in [9.17, 15) is 18.0 Å². The number of hydrogen-bond donors (Lipinski definition) is 0. The average Bonchev–Trinajstić information content (AvgIpc) is 3.24. The van der Waals surface area contributed by atoms with Gasteiger partial charge < -0.3 is 4.74 Å². The summed E-state index contributed by atoms with van der Waals surface area (Å²) in [6.45, 7) is 5.19. The molecule has 0 aliphatic heterocycles. The number of alkyl halides is 2. The normalized spacial score (nSPS) is 14.8. The van der Waals surface area contributed by atoms with Crippen LogP contribution >= 0.6 is 0 Å². The maximum Gasteiger partial charge on any atom is 0.435 e. The molecule has 0 unspecified atom stereocenters. The van der Waals surface area contributed by atoms with Crippen LogP contribution < -0.4 is 0 Å². The topological polar surface area (TPSA) is 57.0 Å². The molecule has 0 atom stereocenters. The third-order valence-electron chi connectivity index (χ3n) is 3.64. The summed E-state index contributed by atoms with van der Waals surface area (Å²) in [5.74, 6) is -0.924. The first-order chi connectivity index (χ1) is 11.7. The van der Waals surface area contributed by atoms with Crippen LogP contribution in [0.4, 0.5) is 18.0 Å². The molecule has 3 rings (SSSR count). The molecule has 25 heavy (non-hydrogen) atoms. The lowest BCUT2D eigenvalue weighted by Crippen LogP contribution is -2.27. The zero-order chi connectivity index (χ0) is 18.4. The number of ether oxygens (including phenoxy) is 1. The quantitative estimate of drug-likeness (QED) is 0.804. The van der Waals surface area contributed by atoms with Gasteiger partial charge in [-0.25, -0.2) is 22.9 Å². The first kappa shape index (κ1) is 17.4. The fourth-order valence-electron chi connectivity index (χ4n) is 2.41. The number of pyridine rings is 1. The van der Waals surface area contributed by atoms with Crippen molar-refractivity contribution < 1.29 is 22.7 Å². The summed E-state index contributed by atoms with van der Waals surface area (Å²) in [5, 5.41) is 4.25. The summed E-state index contributed by atoms with van der Waals surface area (Å²) in [4.78, 5) is 15.9. The molecule has 0 aromatic carbocycles. The van der Waals surface area contributed by atoms with E-state index in [1.165, 1.54) is 12.3 Å². The Kier molecular flexibility index (Phi) is 4.30. The second kappa shape index (κ2) is 6.16. The van der Waals surface area contributed by atoms with Crippen molar-refractivity contribution in [2.24, 2.45) is 0 Å². The molecule has 2 aromatic heterocycles. The van der Waals surface area contributed by atoms with Gasteiger partial charge in [-0.15, -0.1) is 0 Å². The van der Waals surface area contributed by atoms with Gasteiger partial charge in [0.1, 0.15) is 11.3 Å². The molecule has 0 N–H and O–H groups in total. The highest BCUT2D eigenvalue weighted by Gasteiger charge is 2.32. The highest BCUT2D eigenvalue weighted by atomic mass is 19.3. The Hall–Kier alpha value is -2.38. The van der Waals surface area contributed by atoms with Crippen molar-refractivity contribution in [3.8, 4) is 11.3 Å². The van der Waals surface area contributed by atoms with Gasteiger partial charge in [-0.1, -0.05) is 0 Å². The molecule has 0 spiro atoms. The lowest BCUT2D eigenvalue weighted by molar-refractivity contribution is 0.0514. The number of halogens is 3. The number of hydrogen-bond acceptors (Lipinski definition) is 4. The van der Waals surface area contributed by atoms with Gasteiger partial charge in [-0.2, -0.15) is 9.78 Å². The Bertz CT molecular complexity index is 808. The summed E-state index contributed by atoms with van der Waals surface area (Å²) in [7, 11) is 0. The molecule has 0 bridgehead atoms. The predicted octanol–water partition coefficient (Wildman–Crippen LogP) is 4.68. The van der Waals surface area contributed by atoms with Crippen LogP contribution in [0.1, 0.15) is 57.3 Å². The zero-order valence-electron chi connectivity index (χ0n) is 14.1. The van der Waals surface area contributed by atoms with Crippen LogP contribution in [0.2, 0.25) is 0 Å². The number of carbonyl (C=O) groups excluding carboxylic acids is 1. The highest BCUT2D eigenvalue weighted by Crippen LogP contribution is 2.43. The largest absolute Gasteiger partial charge is 0.442 e. The SMILES string of the molecule is CC(C)(C)OC(=O)n1cc(-c2ccc(F)c(C(F)F)n2)c(C2CC2)n1. The first-order valence-electron chi connectivity index (χ1n) is 7.93. The fraction of sp³-hybridized carbons (Fsp3) is 0.471. The standard InChI is InChI=1S/C17H18F3N3O2/c1-17(2,3)25-16(24)23-8-10(13(22-23)9-4-5-9)12-7-6-11(18)14(21-12)15(19)20/h6-9,15H,4-5H2,1-3H3. The second-order valence-corrected chi connectivity index (χ2v) is 6.99. The summed E-state index contributed by atoms with van der Waals surface area (Å²) >= 11 is 0. The van der Waals surface area contributed by atoms with E-state index in [0.717, 1.165) is 23.6 Å². The van der Waals surface area contributed by atoms with E-state index >= 15 is 0 Å². The molecule has 0 saturated heterocycles. The Morgan fingerprint density at radius 2 is 2.00 bits per heavy atom. The van der Waals surface area contributed by atoms with Gasteiger partial charge in [-0.3, -0.25) is 0 Å². The fourth-order valence-corrected chi connectivity index (χ4v) is 2.41. The smallest absolute Gasteiger partial charge is 0.435 e. The molecule has 1 aliphatic rings. The first-order valence-corrected chi connectivity index (χ1v) is 7.93. The molecule has 1 saturated carbocycles. The molecular weight excluding hydrogens is 335 g/mol. The van der Waals surface area contributed by atoms with Crippen LogP contribution in [-0.2, 0) is 4.74 Å². The van der Waals surface area contributed by atoms with Crippen LogP contribution in [0.15, 0.2) is 18.3 Å². The van der Waals surface area contributed by atoms with E-state index in [1.54, 1.807) is 20.8 Å². The van der Waals surface area contributed by atoms with E-state index in [2.05, 4.69) is 10.1 Å². The van der Waals surface area contributed by atoms with Crippen LogP contribution in [-0.4, -0.2) is 26.5 Å². The third kappa shape index (κ3) is 3.83. The minimum atomic E-state index is -3.02. The van der Waals surface area contributed by atoms with E-state index in [0.29, 0.717) is 11.3 Å². The predicted molar refractivity (Wildman–Crippen MR) is 84.0 cm³/mol. The van der Waals surface area contributed by atoms with Gasteiger partial charge in [0, 0.05) is 17.7 Å². The van der Waals surface area contributed by atoms with Crippen molar-refractivity contribution in [2.75, 3.05) is 0 Å². The second-order valence-electron chi connectivity index (χ2n) is 6.99. The molecule has 0 radical (unpaired) electrons. The molecule has 134 valence electrons. The van der Waals surface area contributed by atoms with E-state index < -0.39 is 29.6 Å². The van der Waals surface area contributed by atoms with E-state index in [4.69, 9.17) is 4.74 Å². The van der Waals surface area contributed by atoms with Gasteiger partial charge in [0.15, 0.2) is 5.82 Å². The van der Waals surface area contributed by atoms with Crippen molar-refractivity contribution in [2.45, 2.75) is 51.6 Å². The van der Waals surface area contributed by atoms with Gasteiger partial charge in [-0.05, 0) is 45.7 Å². The molecule has 1 fully saturated rings. The lowest BCUT2D eigenvalue weighted by atomic mass is 10.1. The van der Waals surface area contributed by atoms with Crippen LogP contribution in [0.5, 0.6) is 0 Å². The average molecular weight is 353 g/mol. The van der Waals surface area contributed by atoms with Gasteiger partial charge in [0.05, 0.1) is 11.4 Å². The molecule has 2 aromatic rings. The van der Waals surface area contributed by atoms with Gasteiger partial charge in [0.25, 0.3) is 6.43 Å². The van der Waals surface area contributed by atoms with E-state index in [-0.39, 0.29) is 11.6 Å². The Morgan fingerprint density at radius 1 is 1.32 bits per heavy atom. The van der Waals surface area contributed by atoms with Crippen molar-refractivity contribution >= 4 is 6.09 Å². The molecule has 2 heterocycles. The Labute approximate surface area is 142 Å². The maximum absolute atomic E-state index is 13.5. The number of carbonyl (C=O) groups is 1. The van der Waals surface area contributed by atoms with Crippen LogP contribution in [0, 0.1) is 5.82 Å². The summed E-state index contributed by atoms with van der Waals surface area (Å²) in [6.07, 6.45) is -0.512. The number of aromatic nitrogens is 3. The van der Waals surface area contributed by atoms with Crippen molar-refractivity contribution in [3.63, 3.8) is 0 Å². The van der Waals surface area contributed by atoms with Crippen LogP contribution in [0.25, 0.3) is 11.3 Å². The monoisotopic (exact) mass is 353 g/mol. The number of nitrogens with zero attached hydrogens (tertiary/aromatic N) is 3. The van der Waals surface area contributed by atoms with Crippen molar-refractivity contribution in [1.29, 1.82) is 0 Å². The maximum atomic E-state index is 13.5. The van der Waals surface area contributed by atoms with E-state index in [1.807, 2.05) is 0 Å². The molecule has 0 amide bonds. The third-order valence-corrected chi connectivity index (χ3v) is 3.64. The minimum Gasteiger partial charge on any atom is -0.442 e. The van der Waals surface area contributed by atoms with Gasteiger partial charge in [0.2, 0.25) is 0 Å². The Morgan fingerprint density at radius 3 is 2.56 bits per heavy atom. The van der Waals surface area contributed by atoms with Crippen molar-refractivity contribution in [3.05, 3.63) is 35.5 Å². The molecule has 8 heteroatoms. The molecule has 5 nitrogen and oxygen atoms in total. The molecule has 1 aliphatic carbocycles. The summed E-state index contributed by atoms with van der Waals surface area (Å²) < 4.78 is 45.6. The minimum absolute atomic E-state index is 0.139. The highest BCUT2D eigenvalue weighted by molar-refractivity contribution is 5.73. The summed E-state index contributed by atoms with van der Waals surface area (Å²) in [6, 6.07) is 2.26.